The molecule has 0 unspecified atom stereocenters. The number of carbonyl (C=O) groups excluding carboxylic acids is 3. The van der Waals surface area contributed by atoms with Gasteiger partial charge in [-0.3, -0.25) is 14.5 Å². The number of hydrogen-bond acceptors (Lipinski definition) is 4. The fourth-order valence-corrected chi connectivity index (χ4v) is 2.46. The maximum absolute atomic E-state index is 13.5. The summed E-state index contributed by atoms with van der Waals surface area (Å²) in [5.74, 6) is -1.36. The molecular weight excluding hydrogens is 383 g/mol. The summed E-state index contributed by atoms with van der Waals surface area (Å²) in [4.78, 5) is 36.3. The first-order chi connectivity index (χ1) is 11.2. The maximum atomic E-state index is 13.5. The predicted octanol–water partition coefficient (Wildman–Crippen LogP) is 1.76. The van der Waals surface area contributed by atoms with Gasteiger partial charge < -0.3 is 5.32 Å². The van der Waals surface area contributed by atoms with Crippen molar-refractivity contribution in [2.45, 2.75) is 25.8 Å². The molecule has 0 bridgehead atoms. The number of nitrogens with one attached hydrogen (secondary N) is 2. The van der Waals surface area contributed by atoms with Crippen LogP contribution in [0.15, 0.2) is 27.8 Å². The molecule has 1 aromatic rings. The van der Waals surface area contributed by atoms with Crippen molar-refractivity contribution in [1.29, 1.82) is 0 Å². The number of benzene rings is 1. The molecule has 0 aliphatic carbocycles. The molecule has 2 N–H and O–H groups in total. The first-order valence-corrected chi connectivity index (χ1v) is 7.91. The molecule has 1 aliphatic rings. The monoisotopic (exact) mass is 398 g/mol. The molecule has 2 rings (SSSR count). The van der Waals surface area contributed by atoms with Crippen LogP contribution in [-0.2, 0) is 9.59 Å². The van der Waals surface area contributed by atoms with Gasteiger partial charge in [-0.05, 0) is 32.0 Å². The lowest BCUT2D eigenvalue weighted by Crippen LogP contribution is -2.40. The molecule has 4 amide bonds. The third-order valence-corrected chi connectivity index (χ3v) is 3.85. The smallest absolute Gasteiger partial charge is 0.324 e. The summed E-state index contributed by atoms with van der Waals surface area (Å²) in [6.45, 7) is 3.12. The lowest BCUT2D eigenvalue weighted by molar-refractivity contribution is -0.130. The second-order valence-corrected chi connectivity index (χ2v) is 6.64. The van der Waals surface area contributed by atoms with Crippen LogP contribution in [0.4, 0.5) is 9.18 Å². The number of carbonyl (C=O) groups is 3. The fourth-order valence-electron chi connectivity index (χ4n) is 2.08. The van der Waals surface area contributed by atoms with Gasteiger partial charge in [0, 0.05) is 23.0 Å². The van der Waals surface area contributed by atoms with Crippen LogP contribution in [0, 0.1) is 5.82 Å². The molecule has 9 heteroatoms. The summed E-state index contributed by atoms with van der Waals surface area (Å²) in [6, 6.07) is 3.80. The number of hydrogen-bond donors (Lipinski definition) is 2. The molecule has 0 aromatic heterocycles. The van der Waals surface area contributed by atoms with E-state index in [-0.39, 0.29) is 24.4 Å². The lowest BCUT2D eigenvalue weighted by atomic mass is 10.1. The molecule has 1 saturated heterocycles. The van der Waals surface area contributed by atoms with Crippen molar-refractivity contribution < 1.29 is 18.8 Å². The summed E-state index contributed by atoms with van der Waals surface area (Å²) >= 11 is 3.21. The van der Waals surface area contributed by atoms with Gasteiger partial charge in [0.1, 0.15) is 11.4 Å². The van der Waals surface area contributed by atoms with Crippen molar-refractivity contribution in [2.75, 3.05) is 6.54 Å². The highest BCUT2D eigenvalue weighted by atomic mass is 79.9. The molecule has 128 valence electrons. The molecule has 0 saturated carbocycles. The highest BCUT2D eigenvalue weighted by molar-refractivity contribution is 9.10. The van der Waals surface area contributed by atoms with E-state index >= 15 is 0 Å². The second kappa shape index (κ2) is 7.08. The quantitative estimate of drug-likeness (QED) is 0.449. The van der Waals surface area contributed by atoms with Gasteiger partial charge in [0.05, 0.1) is 6.21 Å². The average Bonchev–Trinajstić information content (AvgIpc) is 2.69. The first-order valence-electron chi connectivity index (χ1n) is 7.12. The summed E-state index contributed by atoms with van der Waals surface area (Å²) in [5.41, 5.74) is 1.47. The maximum Gasteiger partial charge on any atom is 0.325 e. The molecule has 0 radical (unpaired) electrons. The van der Waals surface area contributed by atoms with E-state index in [1.807, 2.05) is 0 Å². The van der Waals surface area contributed by atoms with E-state index in [1.165, 1.54) is 18.3 Å². The van der Waals surface area contributed by atoms with Crippen LogP contribution in [0.5, 0.6) is 0 Å². The van der Waals surface area contributed by atoms with Crippen LogP contribution >= 0.6 is 15.9 Å². The highest BCUT2D eigenvalue weighted by Gasteiger charge is 2.43. The molecule has 7 nitrogen and oxygen atoms in total. The summed E-state index contributed by atoms with van der Waals surface area (Å²) in [6.07, 6.45) is 1.07. The Morgan fingerprint density at radius 1 is 1.46 bits per heavy atom. The van der Waals surface area contributed by atoms with Gasteiger partial charge in [0.2, 0.25) is 5.91 Å². The third kappa shape index (κ3) is 4.16. The van der Waals surface area contributed by atoms with Crippen molar-refractivity contribution in [3.05, 3.63) is 34.1 Å². The van der Waals surface area contributed by atoms with Crippen LogP contribution in [0.25, 0.3) is 0 Å². The SMILES string of the molecule is CC1(C)NC(=O)N(CCC(=O)N/N=C\c2cc(Br)ccc2F)C1=O. The Labute approximate surface area is 146 Å². The Kier molecular flexibility index (Phi) is 5.33. The van der Waals surface area contributed by atoms with Gasteiger partial charge in [0.15, 0.2) is 0 Å². The molecule has 24 heavy (non-hydrogen) atoms. The molecular formula is C15H16BrFN4O3. The number of rotatable bonds is 5. The molecule has 0 spiro atoms. The zero-order valence-electron chi connectivity index (χ0n) is 13.1. The van der Waals surface area contributed by atoms with E-state index in [2.05, 4.69) is 31.8 Å². The molecule has 1 aromatic carbocycles. The first kappa shape index (κ1) is 18.1. The van der Waals surface area contributed by atoms with E-state index in [4.69, 9.17) is 0 Å². The van der Waals surface area contributed by atoms with Gasteiger partial charge in [-0.1, -0.05) is 15.9 Å². The number of amides is 4. The minimum atomic E-state index is -0.968. The van der Waals surface area contributed by atoms with Crippen LogP contribution < -0.4 is 10.7 Å². The Bertz CT molecular complexity index is 721. The molecule has 0 atom stereocenters. The minimum Gasteiger partial charge on any atom is -0.324 e. The van der Waals surface area contributed by atoms with Gasteiger partial charge in [-0.2, -0.15) is 5.10 Å². The van der Waals surface area contributed by atoms with E-state index in [0.29, 0.717) is 4.47 Å². The zero-order chi connectivity index (χ0) is 17.9. The van der Waals surface area contributed by atoms with Crippen molar-refractivity contribution in [3.63, 3.8) is 0 Å². The van der Waals surface area contributed by atoms with Gasteiger partial charge in [0.25, 0.3) is 5.91 Å². The number of hydrazone groups is 1. The predicted molar refractivity (Wildman–Crippen MR) is 88.8 cm³/mol. The molecule has 1 fully saturated rings. The summed E-state index contributed by atoms with van der Waals surface area (Å²) in [5, 5.41) is 6.19. The van der Waals surface area contributed by atoms with Crippen LogP contribution in [0.1, 0.15) is 25.8 Å². The van der Waals surface area contributed by atoms with E-state index < -0.39 is 23.3 Å². The van der Waals surface area contributed by atoms with Gasteiger partial charge >= 0.3 is 6.03 Å². The minimum absolute atomic E-state index is 0.0549. The normalized spacial score (nSPS) is 16.6. The number of imide groups is 1. The van der Waals surface area contributed by atoms with Crippen molar-refractivity contribution in [2.24, 2.45) is 5.10 Å². The Balaban J connectivity index is 1.86. The highest BCUT2D eigenvalue weighted by Crippen LogP contribution is 2.16. The standard InChI is InChI=1S/C15H16BrFN4O3/c1-15(2)13(23)21(14(24)19-15)6-5-12(22)20-18-8-9-7-10(16)3-4-11(9)17/h3-4,7-8H,5-6H2,1-2H3,(H,19,24)(H,20,22)/b18-8-. The molecule has 1 aliphatic heterocycles. The average molecular weight is 399 g/mol. The fraction of sp³-hybridized carbons (Fsp3) is 0.333. The van der Waals surface area contributed by atoms with E-state index in [9.17, 15) is 18.8 Å². The summed E-state index contributed by atoms with van der Waals surface area (Å²) < 4.78 is 14.2. The number of nitrogens with zero attached hydrogens (tertiary/aromatic N) is 2. The zero-order valence-corrected chi connectivity index (χ0v) is 14.7. The van der Waals surface area contributed by atoms with E-state index in [1.54, 1.807) is 19.9 Å². The van der Waals surface area contributed by atoms with Gasteiger partial charge in [-0.25, -0.2) is 14.6 Å². The largest absolute Gasteiger partial charge is 0.325 e. The van der Waals surface area contributed by atoms with Crippen LogP contribution in [-0.4, -0.2) is 41.0 Å². The van der Waals surface area contributed by atoms with Gasteiger partial charge in [-0.15, -0.1) is 0 Å². The number of urea groups is 1. The topological polar surface area (TPSA) is 90.9 Å². The van der Waals surface area contributed by atoms with Crippen molar-refractivity contribution in [1.82, 2.24) is 15.6 Å². The lowest BCUT2D eigenvalue weighted by Gasteiger charge is -2.15. The molecule has 1 heterocycles. The van der Waals surface area contributed by atoms with Crippen LogP contribution in [0.3, 0.4) is 0 Å². The Hall–Kier alpha value is -2.29. The van der Waals surface area contributed by atoms with E-state index in [0.717, 1.165) is 4.90 Å². The number of halogens is 2. The third-order valence-electron chi connectivity index (χ3n) is 3.36. The van der Waals surface area contributed by atoms with Crippen molar-refractivity contribution in [3.8, 4) is 0 Å². The Morgan fingerprint density at radius 3 is 2.79 bits per heavy atom. The second-order valence-electron chi connectivity index (χ2n) is 5.72. The Morgan fingerprint density at radius 2 is 2.17 bits per heavy atom. The van der Waals surface area contributed by atoms with Crippen LogP contribution in [0.2, 0.25) is 0 Å². The van der Waals surface area contributed by atoms with Crippen molar-refractivity contribution >= 4 is 40.0 Å². The summed E-state index contributed by atoms with van der Waals surface area (Å²) in [7, 11) is 0.